The minimum Gasteiger partial charge on any atom is -0.480 e. The zero-order valence-corrected chi connectivity index (χ0v) is 6.73. The number of aliphatic carboxylic acids is 1. The second kappa shape index (κ2) is 3.24. The molecule has 0 aromatic carbocycles. The Morgan fingerprint density at radius 2 is 2.33 bits per heavy atom. The molecule has 6 heteroatoms. The predicted molar refractivity (Wildman–Crippen MR) is 41.6 cm³/mol. The third-order valence-electron chi connectivity index (χ3n) is 1.95. The molecule has 1 saturated heterocycles. The van der Waals surface area contributed by atoms with E-state index in [-0.39, 0.29) is 18.7 Å². The summed E-state index contributed by atoms with van der Waals surface area (Å²) in [5.41, 5.74) is 0. The predicted octanol–water partition coefficient (Wildman–Crippen LogP) is -1.18. The third-order valence-corrected chi connectivity index (χ3v) is 1.95. The maximum Gasteiger partial charge on any atom is 0.377 e. The summed E-state index contributed by atoms with van der Waals surface area (Å²) in [5.74, 6) is -1.19. The van der Waals surface area contributed by atoms with Crippen LogP contribution in [0.15, 0.2) is 0 Å². The van der Waals surface area contributed by atoms with Gasteiger partial charge in [-0.3, -0.25) is 14.4 Å². The first kappa shape index (κ1) is 9.21. The first-order chi connectivity index (χ1) is 5.52. The molecule has 1 atom stereocenters. The summed E-state index contributed by atoms with van der Waals surface area (Å²) in [6.45, 7) is 1.49. The smallest absolute Gasteiger partial charge is 0.377 e. The van der Waals surface area contributed by atoms with Crippen LogP contribution in [0.4, 0.5) is 0 Å². The molecule has 0 aromatic heterocycles. The van der Waals surface area contributed by atoms with E-state index in [4.69, 9.17) is 10.1 Å². The Labute approximate surface area is 70.1 Å². The average molecular weight is 171 g/mol. The van der Waals surface area contributed by atoms with E-state index >= 15 is 0 Å². The number of ketones is 1. The molecule has 12 heavy (non-hydrogen) atoms. The van der Waals surface area contributed by atoms with Crippen molar-refractivity contribution in [1.29, 1.82) is 0 Å². The Bertz CT molecular complexity index is 218. The number of hydrogen-bond donors (Lipinski definition) is 2. The largest absolute Gasteiger partial charge is 0.480 e. The fourth-order valence-corrected chi connectivity index (χ4v) is 1.33. The molecule has 5 nitrogen and oxygen atoms in total. The van der Waals surface area contributed by atoms with Gasteiger partial charge >= 0.3 is 13.0 Å². The van der Waals surface area contributed by atoms with E-state index in [0.29, 0.717) is 0 Å². The Morgan fingerprint density at radius 1 is 1.75 bits per heavy atom. The molecule has 1 fully saturated rings. The van der Waals surface area contributed by atoms with Crippen LogP contribution in [0.3, 0.4) is 0 Å². The summed E-state index contributed by atoms with van der Waals surface area (Å²) in [4.78, 5) is 22.7. The van der Waals surface area contributed by atoms with Gasteiger partial charge in [0.15, 0.2) is 0 Å². The minimum absolute atomic E-state index is 0.000231. The van der Waals surface area contributed by atoms with Gasteiger partial charge in [-0.1, -0.05) is 0 Å². The number of nitrogens with zero attached hydrogens (tertiary/aromatic N) is 1. The quantitative estimate of drug-likeness (QED) is 0.511. The number of hydrogen-bond acceptors (Lipinski definition) is 4. The Balaban J connectivity index is 2.72. The van der Waals surface area contributed by atoms with Gasteiger partial charge in [-0.25, -0.2) is 0 Å². The molecule has 0 spiro atoms. The van der Waals surface area contributed by atoms with Crippen molar-refractivity contribution < 1.29 is 19.7 Å². The lowest BCUT2D eigenvalue weighted by atomic mass is 9.84. The lowest BCUT2D eigenvalue weighted by Gasteiger charge is -2.19. The lowest BCUT2D eigenvalue weighted by molar-refractivity contribution is -0.141. The molecule has 1 aliphatic rings. The number of carbonyl (C=O) groups is 2. The van der Waals surface area contributed by atoms with Crippen LogP contribution in [-0.4, -0.2) is 46.3 Å². The van der Waals surface area contributed by atoms with Crippen LogP contribution in [0.2, 0.25) is 6.82 Å². The Kier molecular flexibility index (Phi) is 2.49. The molecule has 0 amide bonds. The number of carbonyl (C=O) groups excluding carboxylic acids is 1. The second-order valence-corrected chi connectivity index (χ2v) is 2.90. The fraction of sp³-hybridized carbons (Fsp3) is 0.667. The van der Waals surface area contributed by atoms with E-state index in [0.717, 1.165) is 0 Å². The molecule has 0 radical (unpaired) electrons. The summed E-state index contributed by atoms with van der Waals surface area (Å²) in [7, 11) is -0.877. The molecule has 66 valence electrons. The highest BCUT2D eigenvalue weighted by Crippen LogP contribution is 2.14. The fourth-order valence-electron chi connectivity index (χ4n) is 1.33. The third kappa shape index (κ3) is 1.65. The van der Waals surface area contributed by atoms with Crippen molar-refractivity contribution in [2.24, 2.45) is 0 Å². The first-order valence-electron chi connectivity index (χ1n) is 3.70. The Hall–Kier alpha value is -0.875. The van der Waals surface area contributed by atoms with E-state index in [1.165, 1.54) is 11.6 Å². The van der Waals surface area contributed by atoms with Crippen LogP contribution in [0.5, 0.6) is 0 Å². The lowest BCUT2D eigenvalue weighted by Crippen LogP contribution is -2.44. The van der Waals surface area contributed by atoms with Crippen molar-refractivity contribution >= 4 is 18.8 Å². The number of carboxylic acids is 1. The van der Waals surface area contributed by atoms with Crippen molar-refractivity contribution in [2.45, 2.75) is 19.3 Å². The molecule has 1 unspecified atom stereocenters. The monoisotopic (exact) mass is 171 g/mol. The first-order valence-corrected chi connectivity index (χ1v) is 3.70. The summed E-state index contributed by atoms with van der Waals surface area (Å²) < 4.78 is 0. The molecule has 0 bridgehead atoms. The molecule has 2 N–H and O–H groups in total. The van der Waals surface area contributed by atoms with E-state index in [9.17, 15) is 9.59 Å². The summed E-state index contributed by atoms with van der Waals surface area (Å²) in [6.07, 6.45) is 0.000231. The molecule has 0 aliphatic carbocycles. The minimum atomic E-state index is -1.05. The molecular formula is C6H10BNO4. The van der Waals surface area contributed by atoms with Crippen molar-refractivity contribution in [2.75, 3.05) is 6.54 Å². The van der Waals surface area contributed by atoms with E-state index in [2.05, 4.69) is 0 Å². The van der Waals surface area contributed by atoms with Gasteiger partial charge in [-0.15, -0.1) is 0 Å². The van der Waals surface area contributed by atoms with Crippen molar-refractivity contribution in [3.63, 3.8) is 0 Å². The molecule has 1 rings (SSSR count). The standard InChI is InChI=1S/C6H10BNO4/c1-7(12)8-3-4(9)2-5(8)6(10)11/h5,12H,2-3H2,1H3,(H,10,11). The van der Waals surface area contributed by atoms with E-state index in [1.54, 1.807) is 0 Å². The van der Waals surface area contributed by atoms with Crippen molar-refractivity contribution in [3.8, 4) is 0 Å². The summed E-state index contributed by atoms with van der Waals surface area (Å²) in [6, 6.07) is -0.850. The van der Waals surface area contributed by atoms with Crippen LogP contribution >= 0.6 is 0 Å². The number of rotatable bonds is 2. The topological polar surface area (TPSA) is 77.8 Å². The van der Waals surface area contributed by atoms with Crippen LogP contribution in [0.1, 0.15) is 6.42 Å². The zero-order chi connectivity index (χ0) is 9.30. The zero-order valence-electron chi connectivity index (χ0n) is 6.73. The van der Waals surface area contributed by atoms with E-state index in [1.807, 2.05) is 0 Å². The van der Waals surface area contributed by atoms with Gasteiger partial charge in [0.1, 0.15) is 11.8 Å². The molecule has 0 saturated carbocycles. The van der Waals surface area contributed by atoms with Crippen LogP contribution < -0.4 is 0 Å². The number of Topliss-reactive ketones (excluding diaryl/α,β-unsaturated/α-hetero) is 1. The van der Waals surface area contributed by atoms with Gasteiger partial charge in [-0.2, -0.15) is 0 Å². The molecule has 0 aromatic rings. The molecular weight excluding hydrogens is 161 g/mol. The highest BCUT2D eigenvalue weighted by Gasteiger charge is 2.39. The SMILES string of the molecule is CB(O)N1CC(=O)CC1C(=O)O. The summed E-state index contributed by atoms with van der Waals surface area (Å²) >= 11 is 0. The van der Waals surface area contributed by atoms with Gasteiger partial charge in [-0.05, 0) is 6.82 Å². The van der Waals surface area contributed by atoms with Crippen molar-refractivity contribution in [3.05, 3.63) is 0 Å². The summed E-state index contributed by atoms with van der Waals surface area (Å²) in [5, 5.41) is 17.7. The van der Waals surface area contributed by atoms with Gasteiger partial charge in [0, 0.05) is 13.0 Å². The van der Waals surface area contributed by atoms with Gasteiger partial charge < -0.3 is 10.1 Å². The molecule has 1 aliphatic heterocycles. The van der Waals surface area contributed by atoms with Crippen molar-refractivity contribution in [1.82, 2.24) is 4.81 Å². The maximum absolute atomic E-state index is 10.9. The number of carboxylic acid groups (broad SMARTS) is 1. The highest BCUT2D eigenvalue weighted by atomic mass is 16.4. The Morgan fingerprint density at radius 3 is 2.67 bits per heavy atom. The highest BCUT2D eigenvalue weighted by molar-refractivity contribution is 6.46. The van der Waals surface area contributed by atoms with Crippen LogP contribution in [0, 0.1) is 0 Å². The van der Waals surface area contributed by atoms with Gasteiger partial charge in [0.2, 0.25) is 0 Å². The maximum atomic E-state index is 10.9. The normalized spacial score (nSPS) is 24.5. The van der Waals surface area contributed by atoms with Gasteiger partial charge in [0.25, 0.3) is 0 Å². The average Bonchev–Trinajstić information content (AvgIpc) is 2.31. The second-order valence-electron chi connectivity index (χ2n) is 2.90. The van der Waals surface area contributed by atoms with Crippen LogP contribution in [0.25, 0.3) is 0 Å². The van der Waals surface area contributed by atoms with E-state index < -0.39 is 19.1 Å². The molecule has 1 heterocycles. The van der Waals surface area contributed by atoms with Crippen LogP contribution in [-0.2, 0) is 9.59 Å². The van der Waals surface area contributed by atoms with Gasteiger partial charge in [0.05, 0.1) is 0 Å².